The second-order valence-electron chi connectivity index (χ2n) is 6.77. The molecule has 0 spiro atoms. The first-order valence-electron chi connectivity index (χ1n) is 9.86. The van der Waals surface area contributed by atoms with Crippen molar-refractivity contribution < 1.29 is 4.79 Å². The molecule has 0 radical (unpaired) electrons. The number of benzene rings is 1. The molecular weight excluding hydrogens is 362 g/mol. The second-order valence-corrected chi connectivity index (χ2v) is 6.77. The van der Waals surface area contributed by atoms with Crippen molar-refractivity contribution in [2.24, 2.45) is 0 Å². The van der Waals surface area contributed by atoms with Crippen molar-refractivity contribution in [3.8, 4) is 0 Å². The van der Waals surface area contributed by atoms with E-state index in [0.717, 1.165) is 35.6 Å². The molecule has 0 aliphatic rings. The lowest BCUT2D eigenvalue weighted by molar-refractivity contribution is 0.0946. The van der Waals surface area contributed by atoms with Crippen molar-refractivity contribution in [3.05, 3.63) is 77.9 Å². The maximum atomic E-state index is 12.3. The molecule has 150 valence electrons. The monoisotopic (exact) mass is 389 g/mol. The zero-order chi connectivity index (χ0) is 20.6. The van der Waals surface area contributed by atoms with E-state index in [2.05, 4.69) is 64.5 Å². The molecule has 0 saturated carbocycles. The zero-order valence-electron chi connectivity index (χ0n) is 17.1. The maximum absolute atomic E-state index is 12.3. The summed E-state index contributed by atoms with van der Waals surface area (Å²) in [6, 6.07) is 13.7. The Kier molecular flexibility index (Phi) is 6.79. The van der Waals surface area contributed by atoms with Crippen LogP contribution in [0.1, 0.15) is 35.5 Å². The van der Waals surface area contributed by atoms with Crippen LogP contribution in [0, 0.1) is 6.92 Å². The number of carbonyl (C=O) groups excluding carboxylic acids is 1. The van der Waals surface area contributed by atoms with Crippen LogP contribution in [0.4, 0.5) is 17.1 Å². The highest BCUT2D eigenvalue weighted by Gasteiger charge is 2.08. The summed E-state index contributed by atoms with van der Waals surface area (Å²) in [5, 5.41) is 6.25. The van der Waals surface area contributed by atoms with E-state index in [1.165, 1.54) is 5.69 Å². The van der Waals surface area contributed by atoms with Gasteiger partial charge >= 0.3 is 0 Å². The van der Waals surface area contributed by atoms with Crippen molar-refractivity contribution in [2.75, 3.05) is 23.3 Å². The summed E-state index contributed by atoms with van der Waals surface area (Å²) in [6.45, 7) is 8.82. The maximum Gasteiger partial charge on any atom is 0.270 e. The lowest BCUT2D eigenvalue weighted by Gasteiger charge is -2.22. The average molecular weight is 390 g/mol. The van der Waals surface area contributed by atoms with Gasteiger partial charge in [-0.3, -0.25) is 9.78 Å². The van der Waals surface area contributed by atoms with E-state index in [1.807, 2.05) is 18.2 Å². The van der Waals surface area contributed by atoms with Crippen LogP contribution in [0.5, 0.6) is 0 Å². The van der Waals surface area contributed by atoms with Gasteiger partial charge in [-0.05, 0) is 74.4 Å². The number of anilines is 3. The van der Waals surface area contributed by atoms with E-state index in [-0.39, 0.29) is 5.91 Å². The molecule has 0 aliphatic carbocycles. The molecule has 2 N–H and O–H groups in total. The lowest BCUT2D eigenvalue weighted by Crippen LogP contribution is -2.23. The molecule has 0 bridgehead atoms. The third kappa shape index (κ3) is 5.31. The Labute approximate surface area is 172 Å². The van der Waals surface area contributed by atoms with Crippen LogP contribution in [0.2, 0.25) is 0 Å². The minimum absolute atomic E-state index is 0.201. The van der Waals surface area contributed by atoms with Crippen molar-refractivity contribution in [3.63, 3.8) is 0 Å². The number of pyridine rings is 2. The average Bonchev–Trinajstić information content (AvgIpc) is 2.76. The standard InChI is InChI=1S/C23H27N5O/c1-4-28(5-2)20-7-9-21(17(3)14-20)27-19-6-8-22(25-16-19)23(29)26-15-18-10-12-24-13-11-18/h6-14,16,27H,4-5,15H2,1-3H3,(H,26,29). The van der Waals surface area contributed by atoms with Gasteiger partial charge in [-0.1, -0.05) is 0 Å². The SMILES string of the molecule is CCN(CC)c1ccc(Nc2ccc(C(=O)NCc3ccncc3)nc2)c(C)c1. The Bertz CT molecular complexity index is 937. The molecule has 1 amide bonds. The number of nitrogens with zero attached hydrogens (tertiary/aromatic N) is 3. The molecule has 2 heterocycles. The molecule has 0 saturated heterocycles. The van der Waals surface area contributed by atoms with Gasteiger partial charge in [-0.15, -0.1) is 0 Å². The van der Waals surface area contributed by atoms with Crippen LogP contribution in [-0.4, -0.2) is 29.0 Å². The molecule has 6 nitrogen and oxygen atoms in total. The van der Waals surface area contributed by atoms with Gasteiger partial charge < -0.3 is 15.5 Å². The van der Waals surface area contributed by atoms with Crippen molar-refractivity contribution >= 4 is 23.0 Å². The van der Waals surface area contributed by atoms with E-state index >= 15 is 0 Å². The number of amides is 1. The van der Waals surface area contributed by atoms with Crippen molar-refractivity contribution in [2.45, 2.75) is 27.3 Å². The van der Waals surface area contributed by atoms with E-state index in [4.69, 9.17) is 0 Å². The molecule has 1 aromatic carbocycles. The highest BCUT2D eigenvalue weighted by atomic mass is 16.1. The van der Waals surface area contributed by atoms with E-state index < -0.39 is 0 Å². The molecular formula is C23H27N5O. The molecule has 3 rings (SSSR count). The van der Waals surface area contributed by atoms with Crippen LogP contribution in [0.25, 0.3) is 0 Å². The summed E-state index contributed by atoms with van der Waals surface area (Å²) in [6.07, 6.45) is 5.09. The zero-order valence-corrected chi connectivity index (χ0v) is 17.1. The molecule has 29 heavy (non-hydrogen) atoms. The minimum atomic E-state index is -0.201. The minimum Gasteiger partial charge on any atom is -0.372 e. The molecule has 0 aliphatic heterocycles. The second kappa shape index (κ2) is 9.68. The Balaban J connectivity index is 1.62. The number of rotatable bonds is 8. The predicted octanol–water partition coefficient (Wildman–Crippen LogP) is 4.30. The summed E-state index contributed by atoms with van der Waals surface area (Å²) < 4.78 is 0. The van der Waals surface area contributed by atoms with E-state index in [1.54, 1.807) is 24.7 Å². The largest absolute Gasteiger partial charge is 0.372 e. The smallest absolute Gasteiger partial charge is 0.270 e. The van der Waals surface area contributed by atoms with Crippen LogP contribution in [0.3, 0.4) is 0 Å². The molecule has 6 heteroatoms. The van der Waals surface area contributed by atoms with Crippen LogP contribution < -0.4 is 15.5 Å². The number of aryl methyl sites for hydroxylation is 1. The summed E-state index contributed by atoms with van der Waals surface area (Å²) >= 11 is 0. The Morgan fingerprint density at radius 1 is 1.03 bits per heavy atom. The van der Waals surface area contributed by atoms with Crippen LogP contribution >= 0.6 is 0 Å². The van der Waals surface area contributed by atoms with Gasteiger partial charge in [0.2, 0.25) is 0 Å². The van der Waals surface area contributed by atoms with Gasteiger partial charge in [0.05, 0.1) is 11.9 Å². The Morgan fingerprint density at radius 2 is 1.79 bits per heavy atom. The summed E-state index contributed by atoms with van der Waals surface area (Å²) in [7, 11) is 0. The van der Waals surface area contributed by atoms with Gasteiger partial charge in [0.15, 0.2) is 0 Å². The molecule has 0 atom stereocenters. The first kappa shape index (κ1) is 20.3. The number of aromatic nitrogens is 2. The third-order valence-electron chi connectivity index (χ3n) is 4.82. The summed E-state index contributed by atoms with van der Waals surface area (Å²) in [5.41, 5.74) is 5.63. The fraction of sp³-hybridized carbons (Fsp3) is 0.261. The molecule has 0 unspecified atom stereocenters. The number of hydrogen-bond acceptors (Lipinski definition) is 5. The number of hydrogen-bond donors (Lipinski definition) is 2. The normalized spacial score (nSPS) is 10.4. The molecule has 0 fully saturated rings. The van der Waals surface area contributed by atoms with Gasteiger partial charge in [-0.25, -0.2) is 4.98 Å². The highest BCUT2D eigenvalue weighted by molar-refractivity contribution is 5.92. The van der Waals surface area contributed by atoms with E-state index in [9.17, 15) is 4.79 Å². The fourth-order valence-corrected chi connectivity index (χ4v) is 3.10. The van der Waals surface area contributed by atoms with Crippen molar-refractivity contribution in [1.82, 2.24) is 15.3 Å². The predicted molar refractivity (Wildman–Crippen MR) is 118 cm³/mol. The van der Waals surface area contributed by atoms with Crippen LogP contribution in [-0.2, 0) is 6.54 Å². The van der Waals surface area contributed by atoms with Gasteiger partial charge in [-0.2, -0.15) is 0 Å². The number of nitrogens with one attached hydrogen (secondary N) is 2. The van der Waals surface area contributed by atoms with Gasteiger partial charge in [0, 0.05) is 43.4 Å². The molecule has 3 aromatic rings. The van der Waals surface area contributed by atoms with Crippen molar-refractivity contribution in [1.29, 1.82) is 0 Å². The van der Waals surface area contributed by atoms with Gasteiger partial charge in [0.25, 0.3) is 5.91 Å². The summed E-state index contributed by atoms with van der Waals surface area (Å²) in [5.74, 6) is -0.201. The number of carbonyl (C=O) groups is 1. The highest BCUT2D eigenvalue weighted by Crippen LogP contribution is 2.25. The quantitative estimate of drug-likeness (QED) is 0.601. The first-order chi connectivity index (χ1) is 14.1. The lowest BCUT2D eigenvalue weighted by atomic mass is 10.1. The Hall–Kier alpha value is -3.41. The van der Waals surface area contributed by atoms with Gasteiger partial charge in [0.1, 0.15) is 5.69 Å². The molecule has 2 aromatic heterocycles. The third-order valence-corrected chi connectivity index (χ3v) is 4.82. The summed E-state index contributed by atoms with van der Waals surface area (Å²) in [4.78, 5) is 22.9. The fourth-order valence-electron chi connectivity index (χ4n) is 3.10. The Morgan fingerprint density at radius 3 is 2.41 bits per heavy atom. The topological polar surface area (TPSA) is 70.2 Å². The van der Waals surface area contributed by atoms with E-state index in [0.29, 0.717) is 12.2 Å². The first-order valence-corrected chi connectivity index (χ1v) is 9.86. The van der Waals surface area contributed by atoms with Crippen LogP contribution in [0.15, 0.2) is 61.1 Å².